The lowest BCUT2D eigenvalue weighted by atomic mass is 9.92. The second kappa shape index (κ2) is 6.21. The van der Waals surface area contributed by atoms with Crippen molar-refractivity contribution in [3.05, 3.63) is 29.8 Å². The Hall–Kier alpha value is -1.06. The summed E-state index contributed by atoms with van der Waals surface area (Å²) in [4.78, 5) is 0. The number of ether oxygens (including phenoxy) is 1. The summed E-state index contributed by atoms with van der Waals surface area (Å²) < 4.78 is 5.38. The Kier molecular flexibility index (Phi) is 4.61. The summed E-state index contributed by atoms with van der Waals surface area (Å²) in [5.41, 5.74) is 2.04. The Balaban J connectivity index is 1.98. The van der Waals surface area contributed by atoms with Crippen molar-refractivity contribution in [1.82, 2.24) is 0 Å². The summed E-state index contributed by atoms with van der Waals surface area (Å²) >= 11 is 0. The first-order valence-electron chi connectivity index (χ1n) is 6.77. The van der Waals surface area contributed by atoms with Crippen molar-refractivity contribution in [2.24, 2.45) is 0 Å². The Bertz CT molecular complexity index is 371. The first-order valence-corrected chi connectivity index (χ1v) is 6.77. The molecule has 0 spiro atoms. The van der Waals surface area contributed by atoms with Crippen LogP contribution in [0.4, 0.5) is 5.69 Å². The van der Waals surface area contributed by atoms with Gasteiger partial charge in [0.2, 0.25) is 0 Å². The lowest BCUT2D eigenvalue weighted by molar-refractivity contribution is 0.0681. The van der Waals surface area contributed by atoms with Crippen LogP contribution in [-0.2, 0) is 4.74 Å². The van der Waals surface area contributed by atoms with E-state index >= 15 is 0 Å². The van der Waals surface area contributed by atoms with Crippen molar-refractivity contribution in [2.45, 2.75) is 50.9 Å². The fourth-order valence-corrected chi connectivity index (χ4v) is 2.66. The standard InChI is InChI=1S/C15H23NO2/c1-11(17)14-5-3-4-6-15(14)16-12-7-9-13(18-2)10-8-12/h3-6,11-13,16-17H,7-10H2,1-2H3. The van der Waals surface area contributed by atoms with Gasteiger partial charge in [-0.3, -0.25) is 0 Å². The molecular weight excluding hydrogens is 226 g/mol. The monoisotopic (exact) mass is 249 g/mol. The van der Waals surface area contributed by atoms with Crippen LogP contribution in [0.15, 0.2) is 24.3 Å². The number of aliphatic hydroxyl groups is 1. The van der Waals surface area contributed by atoms with Crippen molar-refractivity contribution < 1.29 is 9.84 Å². The first-order chi connectivity index (χ1) is 8.70. The highest BCUT2D eigenvalue weighted by Crippen LogP contribution is 2.27. The molecule has 1 aliphatic carbocycles. The molecule has 1 saturated carbocycles. The normalized spacial score (nSPS) is 25.7. The predicted octanol–water partition coefficient (Wildman–Crippen LogP) is 3.11. The second-order valence-corrected chi connectivity index (χ2v) is 5.12. The van der Waals surface area contributed by atoms with Gasteiger partial charge in [-0.25, -0.2) is 0 Å². The number of hydrogen-bond acceptors (Lipinski definition) is 3. The molecule has 1 aromatic carbocycles. The molecule has 100 valence electrons. The van der Waals surface area contributed by atoms with Gasteiger partial charge in [0.25, 0.3) is 0 Å². The van der Waals surface area contributed by atoms with Crippen molar-refractivity contribution in [3.63, 3.8) is 0 Å². The summed E-state index contributed by atoms with van der Waals surface area (Å²) in [6, 6.07) is 8.50. The summed E-state index contributed by atoms with van der Waals surface area (Å²) in [5.74, 6) is 0. The van der Waals surface area contributed by atoms with E-state index in [0.717, 1.165) is 36.9 Å². The van der Waals surface area contributed by atoms with Crippen LogP contribution in [-0.4, -0.2) is 24.4 Å². The molecule has 0 bridgehead atoms. The lowest BCUT2D eigenvalue weighted by Crippen LogP contribution is -2.29. The highest BCUT2D eigenvalue weighted by atomic mass is 16.5. The number of hydrogen-bond donors (Lipinski definition) is 2. The van der Waals surface area contributed by atoms with Gasteiger partial charge in [0.1, 0.15) is 0 Å². The van der Waals surface area contributed by atoms with Gasteiger partial charge in [0.15, 0.2) is 0 Å². The third-order valence-electron chi connectivity index (χ3n) is 3.78. The minimum atomic E-state index is -0.427. The molecule has 0 aliphatic heterocycles. The Morgan fingerprint density at radius 2 is 1.89 bits per heavy atom. The predicted molar refractivity (Wildman–Crippen MR) is 73.8 cm³/mol. The highest BCUT2D eigenvalue weighted by Gasteiger charge is 2.21. The summed E-state index contributed by atoms with van der Waals surface area (Å²) in [6.45, 7) is 1.81. The zero-order valence-corrected chi connectivity index (χ0v) is 11.2. The van der Waals surface area contributed by atoms with Gasteiger partial charge < -0.3 is 15.2 Å². The SMILES string of the molecule is COC1CCC(Nc2ccccc2C(C)O)CC1. The van der Waals surface area contributed by atoms with Gasteiger partial charge in [0, 0.05) is 24.4 Å². The molecule has 0 radical (unpaired) electrons. The molecule has 0 saturated heterocycles. The number of rotatable bonds is 4. The van der Waals surface area contributed by atoms with Crippen LogP contribution in [0.25, 0.3) is 0 Å². The van der Waals surface area contributed by atoms with Crippen LogP contribution in [0.1, 0.15) is 44.3 Å². The number of methoxy groups -OCH3 is 1. The zero-order chi connectivity index (χ0) is 13.0. The highest BCUT2D eigenvalue weighted by molar-refractivity contribution is 5.52. The van der Waals surface area contributed by atoms with Crippen molar-refractivity contribution in [1.29, 1.82) is 0 Å². The largest absolute Gasteiger partial charge is 0.389 e. The smallest absolute Gasteiger partial charge is 0.0781 e. The zero-order valence-electron chi connectivity index (χ0n) is 11.2. The maximum absolute atomic E-state index is 9.75. The second-order valence-electron chi connectivity index (χ2n) is 5.12. The van der Waals surface area contributed by atoms with E-state index in [-0.39, 0.29) is 0 Å². The minimum absolute atomic E-state index is 0.426. The van der Waals surface area contributed by atoms with E-state index in [1.54, 1.807) is 7.11 Å². The molecule has 2 N–H and O–H groups in total. The first kappa shape index (κ1) is 13.4. The quantitative estimate of drug-likeness (QED) is 0.861. The fourth-order valence-electron chi connectivity index (χ4n) is 2.66. The average molecular weight is 249 g/mol. The number of aliphatic hydroxyl groups excluding tert-OH is 1. The summed E-state index contributed by atoms with van der Waals surface area (Å²) in [7, 11) is 1.79. The van der Waals surface area contributed by atoms with Gasteiger partial charge >= 0.3 is 0 Å². The molecule has 0 aromatic heterocycles. The van der Waals surface area contributed by atoms with Crippen LogP contribution >= 0.6 is 0 Å². The van der Waals surface area contributed by atoms with Crippen LogP contribution in [0, 0.1) is 0 Å². The Morgan fingerprint density at radius 1 is 1.22 bits per heavy atom. The van der Waals surface area contributed by atoms with E-state index in [9.17, 15) is 5.11 Å². The fraction of sp³-hybridized carbons (Fsp3) is 0.600. The molecule has 0 amide bonds. The molecule has 3 heteroatoms. The number of nitrogens with one attached hydrogen (secondary N) is 1. The third-order valence-corrected chi connectivity index (χ3v) is 3.78. The van der Waals surface area contributed by atoms with E-state index in [4.69, 9.17) is 4.74 Å². The molecule has 1 atom stereocenters. The van der Waals surface area contributed by atoms with Gasteiger partial charge in [0.05, 0.1) is 12.2 Å². The molecule has 3 nitrogen and oxygen atoms in total. The van der Waals surface area contributed by atoms with Crippen LogP contribution in [0.5, 0.6) is 0 Å². The molecule has 0 heterocycles. The molecular formula is C15H23NO2. The molecule has 1 aromatic rings. The number of para-hydroxylation sites is 1. The number of benzene rings is 1. The van der Waals surface area contributed by atoms with Gasteiger partial charge in [-0.1, -0.05) is 18.2 Å². The van der Waals surface area contributed by atoms with Gasteiger partial charge in [-0.2, -0.15) is 0 Å². The van der Waals surface area contributed by atoms with E-state index in [1.165, 1.54) is 0 Å². The van der Waals surface area contributed by atoms with Crippen molar-refractivity contribution in [3.8, 4) is 0 Å². The van der Waals surface area contributed by atoms with E-state index in [0.29, 0.717) is 12.1 Å². The van der Waals surface area contributed by atoms with Crippen molar-refractivity contribution >= 4 is 5.69 Å². The van der Waals surface area contributed by atoms with E-state index < -0.39 is 6.10 Å². The van der Waals surface area contributed by atoms with Crippen LogP contribution in [0.3, 0.4) is 0 Å². The molecule has 1 aliphatic rings. The summed E-state index contributed by atoms with van der Waals surface area (Å²) in [5, 5.41) is 13.3. The molecule has 1 fully saturated rings. The number of anilines is 1. The Labute approximate surface area is 109 Å². The minimum Gasteiger partial charge on any atom is -0.389 e. The average Bonchev–Trinajstić information content (AvgIpc) is 2.40. The van der Waals surface area contributed by atoms with Gasteiger partial charge in [-0.15, -0.1) is 0 Å². The lowest BCUT2D eigenvalue weighted by Gasteiger charge is -2.29. The van der Waals surface area contributed by atoms with E-state index in [1.807, 2.05) is 31.2 Å². The van der Waals surface area contributed by atoms with Crippen LogP contribution in [0.2, 0.25) is 0 Å². The molecule has 1 unspecified atom stereocenters. The summed E-state index contributed by atoms with van der Waals surface area (Å²) in [6.07, 6.45) is 4.49. The van der Waals surface area contributed by atoms with Crippen LogP contribution < -0.4 is 5.32 Å². The Morgan fingerprint density at radius 3 is 2.50 bits per heavy atom. The van der Waals surface area contributed by atoms with Crippen molar-refractivity contribution in [2.75, 3.05) is 12.4 Å². The topological polar surface area (TPSA) is 41.5 Å². The molecule has 2 rings (SSSR count). The maximum Gasteiger partial charge on any atom is 0.0781 e. The third kappa shape index (κ3) is 3.24. The van der Waals surface area contributed by atoms with Gasteiger partial charge in [-0.05, 0) is 38.7 Å². The van der Waals surface area contributed by atoms with E-state index in [2.05, 4.69) is 5.32 Å². The maximum atomic E-state index is 9.75. The molecule has 18 heavy (non-hydrogen) atoms.